The summed E-state index contributed by atoms with van der Waals surface area (Å²) in [6, 6.07) is 6.08. The second-order valence-electron chi connectivity index (χ2n) is 2.59. The Balaban J connectivity index is 2.97. The highest BCUT2D eigenvalue weighted by Crippen LogP contribution is 2.16. The first-order chi connectivity index (χ1) is 5.74. The van der Waals surface area contributed by atoms with Gasteiger partial charge in [-0.2, -0.15) is 0 Å². The van der Waals surface area contributed by atoms with Crippen molar-refractivity contribution in [2.75, 3.05) is 6.61 Å². The molecule has 1 rings (SSSR count). The molecule has 1 nitrogen and oxygen atoms in total. The molecule has 0 aliphatic carbocycles. The van der Waals surface area contributed by atoms with Gasteiger partial charge < -0.3 is 5.11 Å². The minimum absolute atomic E-state index is 0.0892. The van der Waals surface area contributed by atoms with Crippen LogP contribution in [0.15, 0.2) is 28.7 Å². The number of benzene rings is 1. The van der Waals surface area contributed by atoms with Gasteiger partial charge >= 0.3 is 0 Å². The molecule has 12 heavy (non-hydrogen) atoms. The lowest BCUT2D eigenvalue weighted by Gasteiger charge is -1.99. The Morgan fingerprint density at radius 1 is 1.50 bits per heavy atom. The van der Waals surface area contributed by atoms with Gasteiger partial charge in [-0.3, -0.25) is 0 Å². The number of aliphatic hydroxyl groups is 1. The third-order valence-corrected chi connectivity index (χ3v) is 2.14. The highest BCUT2D eigenvalue weighted by molar-refractivity contribution is 9.10. The Labute approximate surface area is 80.9 Å². The predicted octanol–water partition coefficient (Wildman–Crippen LogP) is 2.76. The van der Waals surface area contributed by atoms with Crippen LogP contribution in [-0.4, -0.2) is 11.7 Å². The summed E-state index contributed by atoms with van der Waals surface area (Å²) in [5.41, 5.74) is 2.35. The normalized spacial score (nSPS) is 10.9. The molecule has 0 heterocycles. The molecule has 0 saturated carbocycles. The van der Waals surface area contributed by atoms with E-state index in [1.807, 2.05) is 31.2 Å². The molecule has 0 unspecified atom stereocenters. The van der Waals surface area contributed by atoms with Crippen LogP contribution in [-0.2, 0) is 0 Å². The largest absolute Gasteiger partial charge is 0.392 e. The molecule has 0 aromatic heterocycles. The van der Waals surface area contributed by atoms with Gasteiger partial charge in [0.15, 0.2) is 0 Å². The maximum absolute atomic E-state index is 8.59. The monoisotopic (exact) mass is 226 g/mol. The van der Waals surface area contributed by atoms with E-state index in [-0.39, 0.29) is 6.61 Å². The Morgan fingerprint density at radius 3 is 2.92 bits per heavy atom. The molecule has 64 valence electrons. The summed E-state index contributed by atoms with van der Waals surface area (Å²) < 4.78 is 1.06. The molecular formula is C10H11BrO. The van der Waals surface area contributed by atoms with Crippen molar-refractivity contribution in [3.05, 3.63) is 39.9 Å². The SMILES string of the molecule is Cc1ccc(Br)cc1C=CCO. The first kappa shape index (κ1) is 9.49. The lowest BCUT2D eigenvalue weighted by atomic mass is 10.1. The maximum Gasteiger partial charge on any atom is 0.0615 e. The third-order valence-electron chi connectivity index (χ3n) is 1.64. The van der Waals surface area contributed by atoms with Crippen molar-refractivity contribution in [2.24, 2.45) is 0 Å². The average Bonchev–Trinajstić information content (AvgIpc) is 2.07. The minimum atomic E-state index is 0.0892. The second kappa shape index (κ2) is 4.43. The number of aryl methyl sites for hydroxylation is 1. The van der Waals surface area contributed by atoms with E-state index >= 15 is 0 Å². The lowest BCUT2D eigenvalue weighted by molar-refractivity contribution is 0.343. The topological polar surface area (TPSA) is 20.2 Å². The van der Waals surface area contributed by atoms with Crippen molar-refractivity contribution in [1.82, 2.24) is 0 Å². The van der Waals surface area contributed by atoms with Crippen LogP contribution in [0.4, 0.5) is 0 Å². The maximum atomic E-state index is 8.59. The summed E-state index contributed by atoms with van der Waals surface area (Å²) in [6.07, 6.45) is 3.65. The lowest BCUT2D eigenvalue weighted by Crippen LogP contribution is -1.80. The molecule has 2 heteroatoms. The summed E-state index contributed by atoms with van der Waals surface area (Å²) in [5, 5.41) is 8.59. The summed E-state index contributed by atoms with van der Waals surface area (Å²) in [5.74, 6) is 0. The van der Waals surface area contributed by atoms with Gasteiger partial charge in [0.05, 0.1) is 6.61 Å². The smallest absolute Gasteiger partial charge is 0.0615 e. The predicted molar refractivity (Wildman–Crippen MR) is 55.0 cm³/mol. The zero-order chi connectivity index (χ0) is 8.97. The van der Waals surface area contributed by atoms with E-state index in [0.29, 0.717) is 0 Å². The van der Waals surface area contributed by atoms with Crippen molar-refractivity contribution >= 4 is 22.0 Å². The van der Waals surface area contributed by atoms with Crippen LogP contribution in [0, 0.1) is 6.92 Å². The van der Waals surface area contributed by atoms with Crippen LogP contribution >= 0.6 is 15.9 Å². The molecule has 0 spiro atoms. The van der Waals surface area contributed by atoms with Gasteiger partial charge in [-0.1, -0.05) is 34.1 Å². The standard InChI is InChI=1S/C10H11BrO/c1-8-4-5-10(11)7-9(8)3-2-6-12/h2-5,7,12H,6H2,1H3. The van der Waals surface area contributed by atoms with Gasteiger partial charge in [-0.25, -0.2) is 0 Å². The minimum Gasteiger partial charge on any atom is -0.392 e. The number of hydrogen-bond acceptors (Lipinski definition) is 1. The Morgan fingerprint density at radius 2 is 2.25 bits per heavy atom. The zero-order valence-corrected chi connectivity index (χ0v) is 8.51. The van der Waals surface area contributed by atoms with Crippen molar-refractivity contribution in [3.8, 4) is 0 Å². The van der Waals surface area contributed by atoms with Crippen LogP contribution in [0.2, 0.25) is 0 Å². The van der Waals surface area contributed by atoms with Crippen molar-refractivity contribution in [1.29, 1.82) is 0 Å². The molecule has 0 amide bonds. The van der Waals surface area contributed by atoms with Gasteiger partial charge in [0.1, 0.15) is 0 Å². The van der Waals surface area contributed by atoms with Crippen LogP contribution in [0.5, 0.6) is 0 Å². The summed E-state index contributed by atoms with van der Waals surface area (Å²) in [6.45, 7) is 2.13. The molecule has 1 aromatic rings. The van der Waals surface area contributed by atoms with E-state index in [0.717, 1.165) is 10.0 Å². The van der Waals surface area contributed by atoms with Gasteiger partial charge in [0, 0.05) is 4.47 Å². The zero-order valence-electron chi connectivity index (χ0n) is 6.92. The molecule has 0 aliphatic rings. The fourth-order valence-electron chi connectivity index (χ4n) is 0.971. The van der Waals surface area contributed by atoms with E-state index in [9.17, 15) is 0 Å². The van der Waals surface area contributed by atoms with Crippen LogP contribution < -0.4 is 0 Å². The highest BCUT2D eigenvalue weighted by atomic mass is 79.9. The van der Waals surface area contributed by atoms with Gasteiger partial charge in [-0.15, -0.1) is 0 Å². The van der Waals surface area contributed by atoms with Gasteiger partial charge in [-0.05, 0) is 30.2 Å². The van der Waals surface area contributed by atoms with Crippen molar-refractivity contribution in [3.63, 3.8) is 0 Å². The molecule has 0 fully saturated rings. The third kappa shape index (κ3) is 2.47. The van der Waals surface area contributed by atoms with Crippen molar-refractivity contribution in [2.45, 2.75) is 6.92 Å². The number of rotatable bonds is 2. The van der Waals surface area contributed by atoms with Crippen LogP contribution in [0.3, 0.4) is 0 Å². The van der Waals surface area contributed by atoms with E-state index in [4.69, 9.17) is 5.11 Å². The summed E-state index contributed by atoms with van der Waals surface area (Å²) in [7, 11) is 0. The summed E-state index contributed by atoms with van der Waals surface area (Å²) in [4.78, 5) is 0. The van der Waals surface area contributed by atoms with E-state index in [2.05, 4.69) is 15.9 Å². The first-order valence-electron chi connectivity index (χ1n) is 3.77. The van der Waals surface area contributed by atoms with Crippen molar-refractivity contribution < 1.29 is 5.11 Å². The molecule has 0 atom stereocenters. The molecular weight excluding hydrogens is 216 g/mol. The molecule has 0 saturated heterocycles. The average molecular weight is 227 g/mol. The molecule has 1 aromatic carbocycles. The van der Waals surface area contributed by atoms with E-state index < -0.39 is 0 Å². The molecule has 0 radical (unpaired) electrons. The van der Waals surface area contributed by atoms with Gasteiger partial charge in [0.25, 0.3) is 0 Å². The first-order valence-corrected chi connectivity index (χ1v) is 4.57. The highest BCUT2D eigenvalue weighted by Gasteiger charge is 1.93. The van der Waals surface area contributed by atoms with Crippen LogP contribution in [0.1, 0.15) is 11.1 Å². The Hall–Kier alpha value is -0.600. The Kier molecular flexibility index (Phi) is 3.50. The van der Waals surface area contributed by atoms with Gasteiger partial charge in [0.2, 0.25) is 0 Å². The fourth-order valence-corrected chi connectivity index (χ4v) is 1.35. The number of aliphatic hydroxyl groups excluding tert-OH is 1. The number of hydrogen-bond donors (Lipinski definition) is 1. The van der Waals surface area contributed by atoms with E-state index in [1.54, 1.807) is 6.08 Å². The van der Waals surface area contributed by atoms with E-state index in [1.165, 1.54) is 5.56 Å². The fraction of sp³-hybridized carbons (Fsp3) is 0.200. The Bertz CT molecular complexity index is 292. The van der Waals surface area contributed by atoms with Crippen LogP contribution in [0.25, 0.3) is 6.08 Å². The summed E-state index contributed by atoms with van der Waals surface area (Å²) >= 11 is 3.39. The molecule has 1 N–H and O–H groups in total. The number of halogens is 1. The second-order valence-corrected chi connectivity index (χ2v) is 3.50. The molecule has 0 bridgehead atoms. The quantitative estimate of drug-likeness (QED) is 0.823. The molecule has 0 aliphatic heterocycles.